The van der Waals surface area contributed by atoms with Gasteiger partial charge in [0, 0.05) is 11.8 Å². The van der Waals surface area contributed by atoms with E-state index in [0.717, 1.165) is 20.9 Å². The first-order chi connectivity index (χ1) is 21.0. The standard InChI is InChI=1S/C29H29FN3O10P/c1-18(33(40-16-19-8-3-2-4-9-19)23-13-7-11-20-10-5-6-12-21(20)23)28(36)43-44(38,39)41-17-25-24(34)14-26(42-25)32-15-22(30)27(35)31-29(32)37/h2-13,15,18,24-26,34H,14,16-17H2,1H3,(H,38,39)(H,31,35,37)/t18-,24-,25+,26+/m0/s1. The van der Waals surface area contributed by atoms with Gasteiger partial charge in [-0.2, -0.15) is 4.39 Å². The molecule has 1 saturated heterocycles. The van der Waals surface area contributed by atoms with Crippen LogP contribution in [0.25, 0.3) is 10.8 Å². The van der Waals surface area contributed by atoms with Crippen LogP contribution >= 0.6 is 7.82 Å². The largest absolute Gasteiger partial charge is 0.529 e. The van der Waals surface area contributed by atoms with Crippen molar-refractivity contribution in [3.8, 4) is 0 Å². The van der Waals surface area contributed by atoms with Crippen molar-refractivity contribution in [2.24, 2.45) is 0 Å². The first kappa shape index (κ1) is 31.3. The molecule has 3 aromatic carbocycles. The number of aliphatic hydroxyl groups excluding tert-OH is 1. The van der Waals surface area contributed by atoms with Crippen molar-refractivity contribution < 1.29 is 42.4 Å². The molecule has 15 heteroatoms. The lowest BCUT2D eigenvalue weighted by atomic mass is 10.1. The van der Waals surface area contributed by atoms with Crippen LogP contribution in [0.4, 0.5) is 10.1 Å². The summed E-state index contributed by atoms with van der Waals surface area (Å²) in [4.78, 5) is 54.7. The number of fused-ring (bicyclic) bond motifs is 1. The van der Waals surface area contributed by atoms with Crippen molar-refractivity contribution in [3.63, 3.8) is 0 Å². The van der Waals surface area contributed by atoms with Crippen LogP contribution in [0.2, 0.25) is 0 Å². The van der Waals surface area contributed by atoms with Crippen LogP contribution in [-0.4, -0.2) is 50.4 Å². The van der Waals surface area contributed by atoms with E-state index in [2.05, 4.69) is 0 Å². The molecule has 1 aromatic heterocycles. The predicted octanol–water partition coefficient (Wildman–Crippen LogP) is 3.16. The fourth-order valence-corrected chi connectivity index (χ4v) is 5.47. The van der Waals surface area contributed by atoms with Gasteiger partial charge in [0.05, 0.1) is 31.2 Å². The van der Waals surface area contributed by atoms with Crippen molar-refractivity contribution in [2.45, 2.75) is 44.4 Å². The average molecular weight is 630 g/mol. The number of hydrogen-bond donors (Lipinski definition) is 3. The molecule has 0 saturated carbocycles. The van der Waals surface area contributed by atoms with E-state index in [0.29, 0.717) is 11.9 Å². The molecule has 0 spiro atoms. The van der Waals surface area contributed by atoms with Gasteiger partial charge in [-0.05, 0) is 23.9 Å². The number of aliphatic hydroxyl groups is 1. The highest BCUT2D eigenvalue weighted by molar-refractivity contribution is 7.48. The Balaban J connectivity index is 1.27. The van der Waals surface area contributed by atoms with Crippen LogP contribution in [0.3, 0.4) is 0 Å². The molecule has 3 N–H and O–H groups in total. The van der Waals surface area contributed by atoms with E-state index in [-0.39, 0.29) is 13.0 Å². The third-order valence-corrected chi connectivity index (χ3v) is 7.84. The second-order valence-corrected chi connectivity index (χ2v) is 11.4. The number of nitrogens with one attached hydrogen (secondary N) is 1. The summed E-state index contributed by atoms with van der Waals surface area (Å²) in [5.74, 6) is -2.38. The fraction of sp³-hybridized carbons (Fsp3) is 0.276. The van der Waals surface area contributed by atoms with E-state index in [1.165, 1.54) is 12.0 Å². The number of phosphoric acid groups is 1. The molecular formula is C29H29FN3O10P. The minimum atomic E-state index is -5.05. The molecule has 1 unspecified atom stereocenters. The lowest BCUT2D eigenvalue weighted by Crippen LogP contribution is -2.40. The number of carbonyl (C=O) groups is 1. The van der Waals surface area contributed by atoms with Crippen molar-refractivity contribution in [2.75, 3.05) is 11.7 Å². The first-order valence-electron chi connectivity index (χ1n) is 13.5. The summed E-state index contributed by atoms with van der Waals surface area (Å²) in [5.41, 5.74) is -0.864. The van der Waals surface area contributed by atoms with Crippen LogP contribution in [0.15, 0.2) is 88.6 Å². The van der Waals surface area contributed by atoms with Crippen LogP contribution in [-0.2, 0) is 34.6 Å². The Labute approximate surface area is 249 Å². The summed E-state index contributed by atoms with van der Waals surface area (Å²) in [6, 6.07) is 20.8. The van der Waals surface area contributed by atoms with Crippen molar-refractivity contribution in [3.05, 3.63) is 111 Å². The zero-order chi connectivity index (χ0) is 31.4. The van der Waals surface area contributed by atoms with Crippen LogP contribution < -0.4 is 16.3 Å². The number of benzene rings is 3. The highest BCUT2D eigenvalue weighted by Crippen LogP contribution is 2.45. The molecule has 13 nitrogen and oxygen atoms in total. The lowest BCUT2D eigenvalue weighted by Gasteiger charge is -2.30. The number of hydrogen-bond acceptors (Lipinski definition) is 10. The van der Waals surface area contributed by atoms with Gasteiger partial charge in [-0.3, -0.25) is 28.6 Å². The van der Waals surface area contributed by atoms with Gasteiger partial charge in [0.1, 0.15) is 12.3 Å². The minimum Gasteiger partial charge on any atom is -0.390 e. The number of halogens is 1. The lowest BCUT2D eigenvalue weighted by molar-refractivity contribution is -0.140. The number of H-pyrrole nitrogens is 1. The highest BCUT2D eigenvalue weighted by atomic mass is 31.2. The number of aromatic nitrogens is 2. The topological polar surface area (TPSA) is 170 Å². The molecule has 44 heavy (non-hydrogen) atoms. The molecule has 4 aromatic rings. The Morgan fingerprint density at radius 1 is 1.14 bits per heavy atom. The number of rotatable bonds is 11. The molecule has 5 rings (SSSR count). The molecule has 1 aliphatic rings. The number of phosphoric ester groups is 1. The van der Waals surface area contributed by atoms with Crippen molar-refractivity contribution in [1.29, 1.82) is 0 Å². The molecule has 0 bridgehead atoms. The summed E-state index contributed by atoms with van der Waals surface area (Å²) in [6.07, 6.45) is -3.34. The van der Waals surface area contributed by atoms with E-state index in [4.69, 9.17) is 18.6 Å². The van der Waals surface area contributed by atoms with Crippen molar-refractivity contribution in [1.82, 2.24) is 9.55 Å². The predicted molar refractivity (Wildman–Crippen MR) is 155 cm³/mol. The van der Waals surface area contributed by atoms with Crippen LogP contribution in [0.1, 0.15) is 25.1 Å². The van der Waals surface area contributed by atoms with Crippen LogP contribution in [0, 0.1) is 5.82 Å². The monoisotopic (exact) mass is 629 g/mol. The van der Waals surface area contributed by atoms with Crippen molar-refractivity contribution >= 4 is 30.3 Å². The summed E-state index contributed by atoms with van der Waals surface area (Å²) in [6.45, 7) is 0.797. The van der Waals surface area contributed by atoms with Gasteiger partial charge in [0.15, 0.2) is 6.04 Å². The van der Waals surface area contributed by atoms with Gasteiger partial charge in [-0.15, -0.1) is 0 Å². The number of aromatic amines is 1. The third-order valence-electron chi connectivity index (χ3n) is 6.96. The summed E-state index contributed by atoms with van der Waals surface area (Å²) >= 11 is 0. The third kappa shape index (κ3) is 7.13. The Hall–Kier alpha value is -4.17. The summed E-state index contributed by atoms with van der Waals surface area (Å²) in [7, 11) is -5.05. The van der Waals surface area contributed by atoms with Gasteiger partial charge in [0.25, 0.3) is 5.56 Å². The Morgan fingerprint density at radius 3 is 2.61 bits per heavy atom. The number of ether oxygens (including phenoxy) is 1. The first-order valence-corrected chi connectivity index (χ1v) is 15.0. The van der Waals surface area contributed by atoms with E-state index >= 15 is 0 Å². The molecule has 1 fully saturated rings. The maximum Gasteiger partial charge on any atom is 0.529 e. The Bertz CT molecular complexity index is 1790. The van der Waals surface area contributed by atoms with Crippen LogP contribution in [0.5, 0.6) is 0 Å². The molecular weight excluding hydrogens is 600 g/mol. The van der Waals surface area contributed by atoms with Gasteiger partial charge < -0.3 is 14.4 Å². The van der Waals surface area contributed by atoms with Gasteiger partial charge in [-0.25, -0.2) is 19.2 Å². The summed E-state index contributed by atoms with van der Waals surface area (Å²) in [5, 5.41) is 13.3. The number of anilines is 1. The van der Waals surface area contributed by atoms with Gasteiger partial charge in [-0.1, -0.05) is 66.7 Å². The second-order valence-electron chi connectivity index (χ2n) is 10.0. The maximum atomic E-state index is 13.7. The maximum absolute atomic E-state index is 13.7. The Kier molecular flexibility index (Phi) is 9.39. The molecule has 2 heterocycles. The second kappa shape index (κ2) is 13.2. The number of nitrogens with zero attached hydrogens (tertiary/aromatic N) is 2. The smallest absolute Gasteiger partial charge is 0.390 e. The fourth-order valence-electron chi connectivity index (χ4n) is 4.70. The van der Waals surface area contributed by atoms with E-state index < -0.39 is 61.9 Å². The van der Waals surface area contributed by atoms with E-state index in [1.54, 1.807) is 17.1 Å². The minimum absolute atomic E-state index is 0.0787. The SMILES string of the molecule is C[C@@H](C(=O)OP(=O)(O)OC[C@H]1O[C@@H](n2cc(F)c(=O)[nH]c2=O)C[C@@H]1O)N(OCc1ccccc1)c1cccc2ccccc12. The zero-order valence-corrected chi connectivity index (χ0v) is 24.2. The quantitative estimate of drug-likeness (QED) is 0.165. The van der Waals surface area contributed by atoms with Gasteiger partial charge >= 0.3 is 19.5 Å². The molecule has 232 valence electrons. The van der Waals surface area contributed by atoms with E-state index in [9.17, 15) is 33.3 Å². The number of hydroxylamine groups is 1. The molecule has 0 aliphatic carbocycles. The molecule has 0 amide bonds. The van der Waals surface area contributed by atoms with E-state index in [1.807, 2.05) is 60.7 Å². The molecule has 1 aliphatic heterocycles. The zero-order valence-electron chi connectivity index (χ0n) is 23.3. The average Bonchev–Trinajstić information content (AvgIpc) is 3.38. The molecule has 0 radical (unpaired) electrons. The Morgan fingerprint density at radius 2 is 1.84 bits per heavy atom. The van der Waals surface area contributed by atoms with Gasteiger partial charge in [0.2, 0.25) is 5.82 Å². The molecule has 5 atom stereocenters. The normalized spacial score (nSPS) is 20.2. The number of carbonyl (C=O) groups excluding carboxylic acids is 1. The highest BCUT2D eigenvalue weighted by Gasteiger charge is 2.39. The summed E-state index contributed by atoms with van der Waals surface area (Å²) < 4.78 is 42.5.